The number of nitrogens with zero attached hydrogens (tertiary/aromatic N) is 1. The molecule has 5 heteroatoms. The summed E-state index contributed by atoms with van der Waals surface area (Å²) in [5, 5.41) is 2.62. The van der Waals surface area contributed by atoms with Gasteiger partial charge in [0.1, 0.15) is 0 Å². The zero-order valence-corrected chi connectivity index (χ0v) is 9.64. The largest absolute Gasteiger partial charge is 0.478 e. The molecule has 0 aliphatic heterocycles. The molecule has 1 amide bonds. The van der Waals surface area contributed by atoms with Gasteiger partial charge in [-0.05, 0) is 13.0 Å². The Bertz CT molecular complexity index is 409. The third-order valence-corrected chi connectivity index (χ3v) is 1.97. The standard InChI is InChI=1S/C12H15N3O2/c1-3-5-10(13)12(16)15-9-6-7-11(14-8-9)17-4-2/h1,6-8,10H,4-5,13H2,2H3,(H,15,16). The van der Waals surface area contributed by atoms with Crippen LogP contribution in [-0.4, -0.2) is 23.5 Å². The smallest absolute Gasteiger partial charge is 0.242 e. The Kier molecular flexibility index (Phi) is 4.98. The third-order valence-electron chi connectivity index (χ3n) is 1.97. The molecule has 17 heavy (non-hydrogen) atoms. The fourth-order valence-corrected chi connectivity index (χ4v) is 1.14. The maximum Gasteiger partial charge on any atom is 0.242 e. The number of amides is 1. The van der Waals surface area contributed by atoms with Crippen LogP contribution in [0.1, 0.15) is 13.3 Å². The molecule has 1 aromatic rings. The first-order chi connectivity index (χ1) is 8.17. The van der Waals surface area contributed by atoms with Gasteiger partial charge >= 0.3 is 0 Å². The highest BCUT2D eigenvalue weighted by Gasteiger charge is 2.12. The summed E-state index contributed by atoms with van der Waals surface area (Å²) >= 11 is 0. The number of nitrogens with one attached hydrogen (secondary N) is 1. The van der Waals surface area contributed by atoms with Crippen molar-refractivity contribution in [2.75, 3.05) is 11.9 Å². The van der Waals surface area contributed by atoms with Gasteiger partial charge in [0.25, 0.3) is 0 Å². The second-order valence-corrected chi connectivity index (χ2v) is 3.32. The van der Waals surface area contributed by atoms with E-state index in [1.54, 1.807) is 12.1 Å². The highest BCUT2D eigenvalue weighted by Crippen LogP contribution is 2.11. The van der Waals surface area contributed by atoms with E-state index in [2.05, 4.69) is 16.2 Å². The summed E-state index contributed by atoms with van der Waals surface area (Å²) in [7, 11) is 0. The maximum absolute atomic E-state index is 11.5. The Morgan fingerprint density at radius 2 is 2.47 bits per heavy atom. The number of pyridine rings is 1. The van der Waals surface area contributed by atoms with Crippen molar-refractivity contribution in [3.05, 3.63) is 18.3 Å². The fourth-order valence-electron chi connectivity index (χ4n) is 1.14. The Balaban J connectivity index is 2.57. The van der Waals surface area contributed by atoms with Gasteiger partial charge in [-0.1, -0.05) is 0 Å². The lowest BCUT2D eigenvalue weighted by Crippen LogP contribution is -2.35. The Hall–Kier alpha value is -2.06. The minimum absolute atomic E-state index is 0.205. The van der Waals surface area contributed by atoms with Crippen molar-refractivity contribution in [3.63, 3.8) is 0 Å². The molecule has 0 aromatic carbocycles. The molecule has 90 valence electrons. The van der Waals surface area contributed by atoms with E-state index < -0.39 is 6.04 Å². The lowest BCUT2D eigenvalue weighted by molar-refractivity contribution is -0.117. The number of carbonyl (C=O) groups is 1. The molecule has 0 saturated carbocycles. The molecule has 1 heterocycles. The van der Waals surface area contributed by atoms with Gasteiger partial charge in [0.15, 0.2) is 0 Å². The molecule has 0 saturated heterocycles. The summed E-state index contributed by atoms with van der Waals surface area (Å²) in [4.78, 5) is 15.5. The lowest BCUT2D eigenvalue weighted by atomic mass is 10.2. The Labute approximate surface area is 100 Å². The first-order valence-electron chi connectivity index (χ1n) is 5.26. The fraction of sp³-hybridized carbons (Fsp3) is 0.333. The summed E-state index contributed by atoms with van der Waals surface area (Å²) in [5.41, 5.74) is 6.11. The van der Waals surface area contributed by atoms with Crippen molar-refractivity contribution >= 4 is 11.6 Å². The van der Waals surface area contributed by atoms with Gasteiger partial charge in [-0.25, -0.2) is 4.98 Å². The van der Waals surface area contributed by atoms with Crippen molar-refractivity contribution in [2.24, 2.45) is 5.73 Å². The number of ether oxygens (including phenoxy) is 1. The van der Waals surface area contributed by atoms with E-state index in [-0.39, 0.29) is 12.3 Å². The molecule has 0 aliphatic rings. The van der Waals surface area contributed by atoms with Gasteiger partial charge in [-0.3, -0.25) is 4.79 Å². The van der Waals surface area contributed by atoms with Crippen molar-refractivity contribution < 1.29 is 9.53 Å². The number of nitrogens with two attached hydrogens (primary N) is 1. The van der Waals surface area contributed by atoms with Crippen LogP contribution in [0, 0.1) is 12.3 Å². The molecular weight excluding hydrogens is 218 g/mol. The minimum Gasteiger partial charge on any atom is -0.478 e. The highest BCUT2D eigenvalue weighted by atomic mass is 16.5. The SMILES string of the molecule is C#CCC(N)C(=O)Nc1ccc(OCC)nc1. The van der Waals surface area contributed by atoms with Gasteiger partial charge in [0.05, 0.1) is 24.5 Å². The lowest BCUT2D eigenvalue weighted by Gasteiger charge is -2.09. The van der Waals surface area contributed by atoms with Crippen molar-refractivity contribution in [3.8, 4) is 18.2 Å². The Morgan fingerprint density at radius 1 is 1.71 bits per heavy atom. The summed E-state index contributed by atoms with van der Waals surface area (Å²) in [6.45, 7) is 2.42. The number of carbonyl (C=O) groups excluding carboxylic acids is 1. The van der Waals surface area contributed by atoms with E-state index in [4.69, 9.17) is 16.9 Å². The van der Waals surface area contributed by atoms with Crippen LogP contribution >= 0.6 is 0 Å². The first kappa shape index (κ1) is 13.0. The topological polar surface area (TPSA) is 77.2 Å². The molecule has 0 bridgehead atoms. The summed E-state index contributed by atoms with van der Waals surface area (Å²) in [5.74, 6) is 2.53. The second kappa shape index (κ2) is 6.51. The quantitative estimate of drug-likeness (QED) is 0.736. The third kappa shape index (κ3) is 4.13. The number of anilines is 1. The van der Waals surface area contributed by atoms with Crippen LogP contribution in [0.3, 0.4) is 0 Å². The molecule has 1 aromatic heterocycles. The molecule has 3 N–H and O–H groups in total. The zero-order valence-electron chi connectivity index (χ0n) is 9.64. The zero-order chi connectivity index (χ0) is 12.7. The van der Waals surface area contributed by atoms with Crippen molar-refractivity contribution in [2.45, 2.75) is 19.4 Å². The van der Waals surface area contributed by atoms with Crippen molar-refractivity contribution in [1.82, 2.24) is 4.98 Å². The Morgan fingerprint density at radius 3 is 3.00 bits per heavy atom. The van der Waals surface area contributed by atoms with Gasteiger partial charge in [0.2, 0.25) is 11.8 Å². The number of hydrogen-bond donors (Lipinski definition) is 2. The van der Waals surface area contributed by atoms with Crippen LogP contribution in [0.25, 0.3) is 0 Å². The van der Waals surface area contributed by atoms with Crippen LogP contribution in [0.2, 0.25) is 0 Å². The van der Waals surface area contributed by atoms with Crippen LogP contribution in [0.5, 0.6) is 5.88 Å². The molecule has 1 atom stereocenters. The monoisotopic (exact) mass is 233 g/mol. The normalized spacial score (nSPS) is 11.4. The summed E-state index contributed by atoms with van der Waals surface area (Å²) in [6, 6.07) is 2.66. The molecule has 5 nitrogen and oxygen atoms in total. The van der Waals surface area contributed by atoms with Crippen LogP contribution in [0.4, 0.5) is 5.69 Å². The van der Waals surface area contributed by atoms with E-state index in [9.17, 15) is 4.79 Å². The van der Waals surface area contributed by atoms with Crippen molar-refractivity contribution in [1.29, 1.82) is 0 Å². The minimum atomic E-state index is -0.702. The molecule has 1 rings (SSSR count). The van der Waals surface area contributed by atoms with E-state index >= 15 is 0 Å². The van der Waals surface area contributed by atoms with Gasteiger partial charge in [-0.2, -0.15) is 0 Å². The number of hydrogen-bond acceptors (Lipinski definition) is 4. The van der Waals surface area contributed by atoms with Crippen LogP contribution in [-0.2, 0) is 4.79 Å². The predicted octanol–water partition coefficient (Wildman–Crippen LogP) is 0.769. The molecule has 0 radical (unpaired) electrons. The maximum atomic E-state index is 11.5. The predicted molar refractivity (Wildman–Crippen MR) is 65.5 cm³/mol. The average molecular weight is 233 g/mol. The van der Waals surface area contributed by atoms with Gasteiger partial charge in [-0.15, -0.1) is 12.3 Å². The van der Waals surface area contributed by atoms with Gasteiger partial charge < -0.3 is 15.8 Å². The van der Waals surface area contributed by atoms with E-state index in [1.165, 1.54) is 6.20 Å². The van der Waals surface area contributed by atoms with E-state index in [0.717, 1.165) is 0 Å². The highest BCUT2D eigenvalue weighted by molar-refractivity contribution is 5.94. The number of rotatable bonds is 5. The van der Waals surface area contributed by atoms with E-state index in [0.29, 0.717) is 18.2 Å². The van der Waals surface area contributed by atoms with E-state index in [1.807, 2.05) is 6.92 Å². The molecule has 0 aliphatic carbocycles. The number of terminal acetylenes is 1. The number of aromatic nitrogens is 1. The van der Waals surface area contributed by atoms with Crippen LogP contribution < -0.4 is 15.8 Å². The molecule has 0 spiro atoms. The molecule has 0 fully saturated rings. The summed E-state index contributed by atoms with van der Waals surface area (Å²) in [6.07, 6.45) is 6.79. The molecular formula is C12H15N3O2. The van der Waals surface area contributed by atoms with Crippen LogP contribution in [0.15, 0.2) is 18.3 Å². The van der Waals surface area contributed by atoms with Gasteiger partial charge in [0, 0.05) is 12.5 Å². The summed E-state index contributed by atoms with van der Waals surface area (Å²) < 4.78 is 5.18. The second-order valence-electron chi connectivity index (χ2n) is 3.32. The molecule has 1 unspecified atom stereocenters. The average Bonchev–Trinajstić information content (AvgIpc) is 2.32. The first-order valence-corrected chi connectivity index (χ1v) is 5.26.